The third-order valence-corrected chi connectivity index (χ3v) is 4.40. The van der Waals surface area contributed by atoms with Crippen molar-refractivity contribution in [3.8, 4) is 17.0 Å². The summed E-state index contributed by atoms with van der Waals surface area (Å²) in [6.07, 6.45) is 0.257. The van der Waals surface area contributed by atoms with Crippen molar-refractivity contribution in [3.05, 3.63) is 34.7 Å². The molecule has 0 aliphatic carbocycles. The number of aromatic nitrogens is 1. The van der Waals surface area contributed by atoms with Gasteiger partial charge in [-0.15, -0.1) is 11.3 Å². The molecule has 0 unspecified atom stereocenters. The molecule has 2 N–H and O–H groups in total. The van der Waals surface area contributed by atoms with Crippen molar-refractivity contribution < 1.29 is 15.0 Å². The average Bonchev–Trinajstić information content (AvgIpc) is 2.85. The molecule has 0 atom stereocenters. The predicted molar refractivity (Wildman–Crippen MR) is 80.2 cm³/mol. The van der Waals surface area contributed by atoms with Crippen LogP contribution in [-0.4, -0.2) is 39.2 Å². The predicted octanol–water partition coefficient (Wildman–Crippen LogP) is 2.42. The minimum absolute atomic E-state index is 0.249. The van der Waals surface area contributed by atoms with Crippen LogP contribution in [0.4, 0.5) is 0 Å². The van der Waals surface area contributed by atoms with Gasteiger partial charge in [0.05, 0.1) is 18.7 Å². The fraction of sp³-hybridized carbons (Fsp3) is 0.333. The topological polar surface area (TPSA) is 73.7 Å². The zero-order valence-corrected chi connectivity index (χ0v) is 12.2. The summed E-state index contributed by atoms with van der Waals surface area (Å²) >= 11 is 1.61. The number of thiazole rings is 1. The van der Waals surface area contributed by atoms with E-state index >= 15 is 0 Å². The standard InChI is InChI=1S/C15H16N2O3S/c18-12-3-1-11(2-4-12)13-9-21-14(16-13)8-17-6-10(7-17)5-15(19)20/h1-4,9-10,18H,5-8H2,(H,19,20). The van der Waals surface area contributed by atoms with Gasteiger partial charge in [0.25, 0.3) is 0 Å². The van der Waals surface area contributed by atoms with Gasteiger partial charge in [0.2, 0.25) is 0 Å². The summed E-state index contributed by atoms with van der Waals surface area (Å²) in [6.45, 7) is 2.44. The van der Waals surface area contributed by atoms with Gasteiger partial charge in [0.1, 0.15) is 10.8 Å². The molecule has 3 rings (SSSR count). The number of phenolic OH excluding ortho intramolecular Hbond substituents is 1. The van der Waals surface area contributed by atoms with Gasteiger partial charge in [-0.05, 0) is 30.2 Å². The van der Waals surface area contributed by atoms with Crippen LogP contribution in [-0.2, 0) is 11.3 Å². The van der Waals surface area contributed by atoms with Crippen LogP contribution in [0.1, 0.15) is 11.4 Å². The molecule has 1 aromatic carbocycles. The molecule has 1 fully saturated rings. The lowest BCUT2D eigenvalue weighted by Gasteiger charge is -2.37. The van der Waals surface area contributed by atoms with Crippen LogP contribution in [0.3, 0.4) is 0 Å². The van der Waals surface area contributed by atoms with Gasteiger partial charge in [0.15, 0.2) is 0 Å². The molecule has 1 aromatic heterocycles. The molecule has 2 heterocycles. The van der Waals surface area contributed by atoms with Gasteiger partial charge < -0.3 is 10.2 Å². The number of benzene rings is 1. The smallest absolute Gasteiger partial charge is 0.303 e. The normalized spacial score (nSPS) is 15.8. The quantitative estimate of drug-likeness (QED) is 0.887. The molecule has 5 nitrogen and oxygen atoms in total. The van der Waals surface area contributed by atoms with E-state index < -0.39 is 5.97 Å². The third kappa shape index (κ3) is 3.40. The van der Waals surface area contributed by atoms with Crippen LogP contribution >= 0.6 is 11.3 Å². The highest BCUT2D eigenvalue weighted by molar-refractivity contribution is 7.09. The molecule has 1 aliphatic heterocycles. The Labute approximate surface area is 126 Å². The first-order chi connectivity index (χ1) is 10.1. The maximum atomic E-state index is 10.6. The molecular weight excluding hydrogens is 288 g/mol. The summed E-state index contributed by atoms with van der Waals surface area (Å²) in [5.74, 6) is -0.193. The van der Waals surface area contributed by atoms with Gasteiger partial charge in [-0.2, -0.15) is 0 Å². The van der Waals surface area contributed by atoms with E-state index in [0.29, 0.717) is 0 Å². The van der Waals surface area contributed by atoms with Gasteiger partial charge in [0, 0.05) is 24.0 Å². The minimum atomic E-state index is -0.719. The molecule has 0 radical (unpaired) electrons. The lowest BCUT2D eigenvalue weighted by Crippen LogP contribution is -2.46. The number of carboxylic acids is 1. The van der Waals surface area contributed by atoms with Crippen LogP contribution in [0.2, 0.25) is 0 Å². The molecular formula is C15H16N2O3S. The number of rotatable bonds is 5. The van der Waals surface area contributed by atoms with Gasteiger partial charge >= 0.3 is 5.97 Å². The van der Waals surface area contributed by atoms with Crippen molar-refractivity contribution >= 4 is 17.3 Å². The Kier molecular flexibility index (Phi) is 3.90. The van der Waals surface area contributed by atoms with Crippen molar-refractivity contribution in [3.63, 3.8) is 0 Å². The summed E-state index contributed by atoms with van der Waals surface area (Å²) in [4.78, 5) is 17.4. The first kappa shape index (κ1) is 14.0. The largest absolute Gasteiger partial charge is 0.508 e. The lowest BCUT2D eigenvalue weighted by atomic mass is 9.97. The Morgan fingerprint density at radius 1 is 1.33 bits per heavy atom. The molecule has 6 heteroatoms. The molecule has 1 aliphatic rings. The highest BCUT2D eigenvalue weighted by Crippen LogP contribution is 2.26. The van der Waals surface area contributed by atoms with Gasteiger partial charge in [-0.3, -0.25) is 9.69 Å². The van der Waals surface area contributed by atoms with Crippen molar-refractivity contribution in [1.82, 2.24) is 9.88 Å². The van der Waals surface area contributed by atoms with E-state index in [4.69, 9.17) is 5.11 Å². The second-order valence-electron chi connectivity index (χ2n) is 5.33. The van der Waals surface area contributed by atoms with Gasteiger partial charge in [-0.25, -0.2) is 4.98 Å². The van der Waals surface area contributed by atoms with Gasteiger partial charge in [-0.1, -0.05) is 0 Å². The van der Waals surface area contributed by atoms with Crippen molar-refractivity contribution in [2.75, 3.05) is 13.1 Å². The number of aromatic hydroxyl groups is 1. The number of hydrogen-bond donors (Lipinski definition) is 2. The van der Waals surface area contributed by atoms with Crippen LogP contribution in [0, 0.1) is 5.92 Å². The first-order valence-corrected chi connectivity index (χ1v) is 7.66. The molecule has 2 aromatic rings. The second-order valence-corrected chi connectivity index (χ2v) is 6.27. The Bertz CT molecular complexity index is 633. The number of aliphatic carboxylic acids is 1. The van der Waals surface area contributed by atoms with E-state index in [9.17, 15) is 9.90 Å². The number of carbonyl (C=O) groups is 1. The highest BCUT2D eigenvalue weighted by Gasteiger charge is 2.28. The highest BCUT2D eigenvalue weighted by atomic mass is 32.1. The monoisotopic (exact) mass is 304 g/mol. The summed E-state index contributed by atoms with van der Waals surface area (Å²) in [6, 6.07) is 7.00. The summed E-state index contributed by atoms with van der Waals surface area (Å²) < 4.78 is 0. The molecule has 0 saturated carbocycles. The Balaban J connectivity index is 1.57. The molecule has 110 valence electrons. The Morgan fingerprint density at radius 3 is 2.71 bits per heavy atom. The Hall–Kier alpha value is -1.92. The summed E-state index contributed by atoms with van der Waals surface area (Å²) in [7, 11) is 0. The van der Waals surface area contributed by atoms with Crippen LogP contribution < -0.4 is 0 Å². The van der Waals surface area contributed by atoms with E-state index in [1.54, 1.807) is 23.5 Å². The Morgan fingerprint density at radius 2 is 2.05 bits per heavy atom. The molecule has 0 bridgehead atoms. The van der Waals surface area contributed by atoms with E-state index in [2.05, 4.69) is 9.88 Å². The second kappa shape index (κ2) is 5.83. The average molecular weight is 304 g/mol. The fourth-order valence-electron chi connectivity index (χ4n) is 2.52. The van der Waals surface area contributed by atoms with Crippen molar-refractivity contribution in [2.45, 2.75) is 13.0 Å². The maximum absolute atomic E-state index is 10.6. The van der Waals surface area contributed by atoms with E-state index in [-0.39, 0.29) is 18.1 Å². The van der Waals surface area contributed by atoms with Crippen LogP contribution in [0.25, 0.3) is 11.3 Å². The minimum Gasteiger partial charge on any atom is -0.508 e. The zero-order valence-electron chi connectivity index (χ0n) is 11.4. The fourth-order valence-corrected chi connectivity index (χ4v) is 3.37. The summed E-state index contributed by atoms with van der Waals surface area (Å²) in [5.41, 5.74) is 1.90. The summed E-state index contributed by atoms with van der Waals surface area (Å²) in [5, 5.41) is 21.1. The lowest BCUT2D eigenvalue weighted by molar-refractivity contribution is -0.139. The molecule has 0 amide bonds. The van der Waals surface area contributed by atoms with E-state index in [0.717, 1.165) is 35.9 Å². The van der Waals surface area contributed by atoms with Crippen LogP contribution in [0.15, 0.2) is 29.6 Å². The zero-order chi connectivity index (χ0) is 14.8. The number of hydrogen-bond acceptors (Lipinski definition) is 5. The third-order valence-electron chi connectivity index (χ3n) is 3.57. The first-order valence-electron chi connectivity index (χ1n) is 6.78. The SMILES string of the molecule is O=C(O)CC1CN(Cc2nc(-c3ccc(O)cc3)cs2)C1. The molecule has 1 saturated heterocycles. The van der Waals surface area contributed by atoms with Crippen LogP contribution in [0.5, 0.6) is 5.75 Å². The molecule has 21 heavy (non-hydrogen) atoms. The van der Waals surface area contributed by atoms with E-state index in [1.807, 2.05) is 17.5 Å². The number of nitrogens with zero attached hydrogens (tertiary/aromatic N) is 2. The number of carboxylic acid groups (broad SMARTS) is 1. The van der Waals surface area contributed by atoms with Crippen molar-refractivity contribution in [2.24, 2.45) is 5.92 Å². The molecule has 0 spiro atoms. The number of likely N-dealkylation sites (tertiary alicyclic amines) is 1. The van der Waals surface area contributed by atoms with E-state index in [1.165, 1.54) is 0 Å². The maximum Gasteiger partial charge on any atom is 0.303 e. The number of phenols is 1. The van der Waals surface area contributed by atoms with Crippen molar-refractivity contribution in [1.29, 1.82) is 0 Å².